The van der Waals surface area contributed by atoms with Crippen molar-refractivity contribution >= 4 is 5.78 Å². The summed E-state index contributed by atoms with van der Waals surface area (Å²) in [5, 5.41) is 7.98. The molecule has 0 fully saturated rings. The Labute approximate surface area is 75.6 Å². The molecule has 3 N–H and O–H groups in total. The molecule has 68 valence electrons. The van der Waals surface area contributed by atoms with Crippen molar-refractivity contribution in [2.45, 2.75) is 20.4 Å². The van der Waals surface area contributed by atoms with E-state index in [9.17, 15) is 0 Å². The summed E-state index contributed by atoms with van der Waals surface area (Å²) in [5.74, 6) is 1.52. The van der Waals surface area contributed by atoms with Crippen molar-refractivity contribution in [3.05, 3.63) is 23.3 Å². The molecule has 2 rings (SSSR count). The lowest BCUT2D eigenvalue weighted by Gasteiger charge is -2.00. The minimum Gasteiger partial charge on any atom is -0.351 e. The van der Waals surface area contributed by atoms with Gasteiger partial charge in [-0.2, -0.15) is 0 Å². The van der Waals surface area contributed by atoms with Crippen molar-refractivity contribution in [3.63, 3.8) is 0 Å². The fraction of sp³-hybridized carbons (Fsp3) is 0.375. The Hall–Kier alpha value is -1.49. The van der Waals surface area contributed by atoms with Gasteiger partial charge in [0.25, 0.3) is 5.78 Å². The second-order valence-corrected chi connectivity index (χ2v) is 3.04. The van der Waals surface area contributed by atoms with E-state index in [4.69, 9.17) is 0 Å². The lowest BCUT2D eigenvalue weighted by atomic mass is 10.3. The van der Waals surface area contributed by atoms with Crippen LogP contribution in [0.4, 0.5) is 0 Å². The van der Waals surface area contributed by atoms with E-state index in [1.807, 2.05) is 24.3 Å². The predicted octanol–water partition coefficient (Wildman–Crippen LogP) is -0.517. The van der Waals surface area contributed by atoms with Crippen molar-refractivity contribution in [1.29, 1.82) is 0 Å². The summed E-state index contributed by atoms with van der Waals surface area (Å²) in [4.78, 5) is 4.27. The Morgan fingerprint density at radius 3 is 2.85 bits per heavy atom. The van der Waals surface area contributed by atoms with E-state index in [-0.39, 0.29) is 0 Å². The normalized spacial score (nSPS) is 11.0. The van der Waals surface area contributed by atoms with Crippen LogP contribution in [0.2, 0.25) is 0 Å². The number of hydrogen-bond acceptors (Lipinski definition) is 3. The number of aryl methyl sites for hydroxylation is 2. The first-order valence-corrected chi connectivity index (χ1v) is 4.20. The summed E-state index contributed by atoms with van der Waals surface area (Å²) in [6.45, 7) is 4.60. The van der Waals surface area contributed by atoms with Gasteiger partial charge in [0, 0.05) is 11.4 Å². The van der Waals surface area contributed by atoms with Crippen molar-refractivity contribution < 1.29 is 5.73 Å². The monoisotopic (exact) mass is 178 g/mol. The van der Waals surface area contributed by atoms with E-state index >= 15 is 0 Å². The third-order valence-corrected chi connectivity index (χ3v) is 1.98. The third kappa shape index (κ3) is 1.17. The summed E-state index contributed by atoms with van der Waals surface area (Å²) in [6.07, 6.45) is 0. The van der Waals surface area contributed by atoms with E-state index in [0.717, 1.165) is 17.2 Å². The first-order chi connectivity index (χ1) is 6.22. The van der Waals surface area contributed by atoms with E-state index in [2.05, 4.69) is 20.9 Å². The second kappa shape index (κ2) is 2.77. The molecule has 2 aromatic heterocycles. The Kier molecular flexibility index (Phi) is 1.73. The largest absolute Gasteiger partial charge is 0.351 e. The van der Waals surface area contributed by atoms with Crippen LogP contribution >= 0.6 is 0 Å². The number of fused-ring (bicyclic) bond motifs is 1. The van der Waals surface area contributed by atoms with E-state index < -0.39 is 0 Å². The smallest absolute Gasteiger partial charge is 0.255 e. The second-order valence-electron chi connectivity index (χ2n) is 3.04. The maximum atomic E-state index is 4.27. The highest BCUT2D eigenvalue weighted by atomic mass is 15.3. The molecule has 0 bridgehead atoms. The van der Waals surface area contributed by atoms with E-state index in [0.29, 0.717) is 12.3 Å². The highest BCUT2D eigenvalue weighted by Gasteiger charge is 2.08. The molecule has 5 nitrogen and oxygen atoms in total. The maximum Gasteiger partial charge on any atom is 0.255 e. The number of aromatic nitrogens is 4. The van der Waals surface area contributed by atoms with Crippen molar-refractivity contribution in [3.8, 4) is 0 Å². The Morgan fingerprint density at radius 2 is 2.15 bits per heavy atom. The molecule has 2 heterocycles. The van der Waals surface area contributed by atoms with Crippen LogP contribution in [-0.4, -0.2) is 19.6 Å². The van der Waals surface area contributed by atoms with Gasteiger partial charge in [0.1, 0.15) is 6.54 Å². The van der Waals surface area contributed by atoms with Gasteiger partial charge in [-0.15, -0.1) is 10.2 Å². The van der Waals surface area contributed by atoms with Gasteiger partial charge in [-0.25, -0.2) is 4.98 Å². The summed E-state index contributed by atoms with van der Waals surface area (Å²) >= 11 is 0. The van der Waals surface area contributed by atoms with Crippen LogP contribution in [0, 0.1) is 13.8 Å². The highest BCUT2D eigenvalue weighted by Crippen LogP contribution is 2.06. The summed E-state index contributed by atoms with van der Waals surface area (Å²) < 4.78 is 1.93. The van der Waals surface area contributed by atoms with Gasteiger partial charge in [-0.1, -0.05) is 0 Å². The lowest BCUT2D eigenvalue weighted by Crippen LogP contribution is -2.48. The molecule has 13 heavy (non-hydrogen) atoms. The zero-order valence-corrected chi connectivity index (χ0v) is 7.78. The molecule has 0 aliphatic rings. The molecule has 0 amide bonds. The molecular formula is C8H12N5+. The molecule has 0 saturated heterocycles. The SMILES string of the molecule is Cc1cc(C)n2c(C[NH3+])nnc2n1. The van der Waals surface area contributed by atoms with Crippen LogP contribution < -0.4 is 5.73 Å². The van der Waals surface area contributed by atoms with Gasteiger partial charge < -0.3 is 5.73 Å². The average molecular weight is 178 g/mol. The fourth-order valence-corrected chi connectivity index (χ4v) is 1.46. The molecule has 0 aliphatic heterocycles. The zero-order chi connectivity index (χ0) is 9.42. The Balaban J connectivity index is 2.82. The van der Waals surface area contributed by atoms with E-state index in [1.54, 1.807) is 0 Å². The van der Waals surface area contributed by atoms with Crippen LogP contribution in [0.1, 0.15) is 17.2 Å². The highest BCUT2D eigenvalue weighted by molar-refractivity contribution is 5.32. The summed E-state index contributed by atoms with van der Waals surface area (Å²) in [5.41, 5.74) is 5.86. The van der Waals surface area contributed by atoms with Crippen LogP contribution in [0.5, 0.6) is 0 Å². The molecule has 0 aliphatic carbocycles. The van der Waals surface area contributed by atoms with E-state index in [1.165, 1.54) is 0 Å². The third-order valence-electron chi connectivity index (χ3n) is 1.98. The number of rotatable bonds is 1. The van der Waals surface area contributed by atoms with Crippen LogP contribution in [-0.2, 0) is 6.54 Å². The number of hydrogen-bond donors (Lipinski definition) is 1. The Morgan fingerprint density at radius 1 is 1.38 bits per heavy atom. The average Bonchev–Trinajstić information content (AvgIpc) is 2.47. The first-order valence-electron chi connectivity index (χ1n) is 4.20. The Bertz CT molecular complexity index is 445. The van der Waals surface area contributed by atoms with Gasteiger partial charge in [0.05, 0.1) is 0 Å². The maximum absolute atomic E-state index is 4.27. The van der Waals surface area contributed by atoms with Gasteiger partial charge in [-0.05, 0) is 19.9 Å². The molecule has 0 aromatic carbocycles. The van der Waals surface area contributed by atoms with Crippen molar-refractivity contribution in [2.75, 3.05) is 0 Å². The number of quaternary nitrogens is 1. The van der Waals surface area contributed by atoms with Gasteiger partial charge in [-0.3, -0.25) is 4.40 Å². The van der Waals surface area contributed by atoms with Crippen LogP contribution in [0.15, 0.2) is 6.07 Å². The standard InChI is InChI=1S/C8H11N5/c1-5-3-6(2)13-7(4-9)11-12-8(13)10-5/h3H,4,9H2,1-2H3/p+1. The summed E-state index contributed by atoms with van der Waals surface area (Å²) in [7, 11) is 0. The number of nitrogens with zero attached hydrogens (tertiary/aromatic N) is 4. The molecule has 0 unspecified atom stereocenters. The first kappa shape index (κ1) is 8.12. The molecule has 0 radical (unpaired) electrons. The topological polar surface area (TPSA) is 70.7 Å². The quantitative estimate of drug-likeness (QED) is 0.639. The van der Waals surface area contributed by atoms with Crippen molar-refractivity contribution in [1.82, 2.24) is 19.6 Å². The van der Waals surface area contributed by atoms with Gasteiger partial charge in [0.2, 0.25) is 0 Å². The van der Waals surface area contributed by atoms with Crippen LogP contribution in [0.25, 0.3) is 5.78 Å². The fourth-order valence-electron chi connectivity index (χ4n) is 1.46. The summed E-state index contributed by atoms with van der Waals surface area (Å²) in [6, 6.07) is 2.01. The lowest BCUT2D eigenvalue weighted by molar-refractivity contribution is -0.388. The van der Waals surface area contributed by atoms with Crippen molar-refractivity contribution in [2.24, 2.45) is 0 Å². The molecule has 0 atom stereocenters. The minimum absolute atomic E-state index is 0.632. The zero-order valence-electron chi connectivity index (χ0n) is 7.78. The van der Waals surface area contributed by atoms with Gasteiger partial charge in [0.15, 0.2) is 5.82 Å². The van der Waals surface area contributed by atoms with Gasteiger partial charge >= 0.3 is 0 Å². The van der Waals surface area contributed by atoms with Crippen LogP contribution in [0.3, 0.4) is 0 Å². The molecule has 2 aromatic rings. The predicted molar refractivity (Wildman–Crippen MR) is 46.8 cm³/mol. The minimum atomic E-state index is 0.632. The molecular weight excluding hydrogens is 166 g/mol. The molecule has 5 heteroatoms. The molecule has 0 saturated carbocycles. The molecule has 0 spiro atoms.